The van der Waals surface area contributed by atoms with E-state index >= 15 is 0 Å². The number of rotatable bonds is 4. The molecule has 2 aromatic rings. The van der Waals surface area contributed by atoms with Crippen LogP contribution in [-0.4, -0.2) is 29.9 Å². The molecule has 5 heteroatoms. The molecule has 0 aliphatic carbocycles. The van der Waals surface area contributed by atoms with Crippen molar-refractivity contribution >= 4 is 23.2 Å². The summed E-state index contributed by atoms with van der Waals surface area (Å²) in [6.45, 7) is 0.604. The molecule has 0 saturated carbocycles. The van der Waals surface area contributed by atoms with Crippen LogP contribution in [0, 0.1) is 0 Å². The van der Waals surface area contributed by atoms with Gasteiger partial charge in [-0.2, -0.15) is 0 Å². The summed E-state index contributed by atoms with van der Waals surface area (Å²) in [5.74, 6) is -0.0499. The van der Waals surface area contributed by atoms with Crippen LogP contribution in [-0.2, 0) is 6.54 Å². The van der Waals surface area contributed by atoms with Crippen LogP contribution in [0.2, 0.25) is 5.02 Å². The van der Waals surface area contributed by atoms with Crippen LogP contribution in [0.15, 0.2) is 42.7 Å². The Hall–Kier alpha value is -2.07. The number of carbonyl (C=O) groups excluding carboxylic acids is 1. The molecule has 0 aliphatic heterocycles. The van der Waals surface area contributed by atoms with Gasteiger partial charge < -0.3 is 10.2 Å². The van der Waals surface area contributed by atoms with Gasteiger partial charge in [-0.3, -0.25) is 9.78 Å². The Kier molecular flexibility index (Phi) is 4.58. The number of aromatic nitrogens is 1. The summed E-state index contributed by atoms with van der Waals surface area (Å²) in [6, 6.07) is 9.07. The Bertz CT molecular complexity index is 599. The molecule has 104 valence electrons. The summed E-state index contributed by atoms with van der Waals surface area (Å²) in [4.78, 5) is 17.5. The highest BCUT2D eigenvalue weighted by Crippen LogP contribution is 2.24. The number of hydrogen-bond acceptors (Lipinski definition) is 3. The van der Waals surface area contributed by atoms with Crippen LogP contribution in [0.5, 0.6) is 0 Å². The molecule has 20 heavy (non-hydrogen) atoms. The first-order chi connectivity index (χ1) is 9.58. The van der Waals surface area contributed by atoms with Crippen molar-refractivity contribution in [2.24, 2.45) is 0 Å². The molecule has 0 bridgehead atoms. The number of amides is 1. The van der Waals surface area contributed by atoms with Crippen molar-refractivity contribution in [2.45, 2.75) is 6.54 Å². The topological polar surface area (TPSA) is 45.2 Å². The molecule has 1 amide bonds. The Morgan fingerprint density at radius 1 is 1.35 bits per heavy atom. The Balaban J connectivity index is 2.15. The number of benzene rings is 1. The van der Waals surface area contributed by atoms with Gasteiger partial charge in [-0.05, 0) is 29.8 Å². The zero-order chi connectivity index (χ0) is 14.5. The van der Waals surface area contributed by atoms with Crippen molar-refractivity contribution < 1.29 is 4.79 Å². The van der Waals surface area contributed by atoms with Crippen LogP contribution in [0.3, 0.4) is 0 Å². The van der Waals surface area contributed by atoms with E-state index in [0.29, 0.717) is 17.1 Å². The van der Waals surface area contributed by atoms with E-state index in [1.54, 1.807) is 44.7 Å². The van der Waals surface area contributed by atoms with Gasteiger partial charge in [0.1, 0.15) is 0 Å². The molecule has 4 nitrogen and oxygen atoms in total. The monoisotopic (exact) mass is 289 g/mol. The second-order valence-corrected chi connectivity index (χ2v) is 5.02. The average Bonchev–Trinajstić information content (AvgIpc) is 2.46. The van der Waals surface area contributed by atoms with Crippen LogP contribution >= 0.6 is 11.6 Å². The van der Waals surface area contributed by atoms with E-state index < -0.39 is 0 Å². The lowest BCUT2D eigenvalue weighted by Crippen LogP contribution is -2.21. The molecule has 0 spiro atoms. The fourth-order valence-electron chi connectivity index (χ4n) is 1.75. The minimum atomic E-state index is -0.0499. The molecule has 2 rings (SSSR count). The standard InChI is InChI=1S/C15H16ClN3O/c1-19(2)15(20)12-5-6-13(16)14(8-12)18-10-11-4-3-7-17-9-11/h3-9,18H,10H2,1-2H3. The SMILES string of the molecule is CN(C)C(=O)c1ccc(Cl)c(NCc2cccnc2)c1. The lowest BCUT2D eigenvalue weighted by atomic mass is 10.1. The van der Waals surface area contributed by atoms with Crippen molar-refractivity contribution in [1.29, 1.82) is 0 Å². The highest BCUT2D eigenvalue weighted by molar-refractivity contribution is 6.33. The first-order valence-electron chi connectivity index (χ1n) is 6.22. The lowest BCUT2D eigenvalue weighted by molar-refractivity contribution is 0.0827. The molecule has 0 aliphatic rings. The van der Waals surface area contributed by atoms with Gasteiger partial charge in [-0.25, -0.2) is 0 Å². The van der Waals surface area contributed by atoms with Gasteiger partial charge in [0.25, 0.3) is 5.91 Å². The van der Waals surface area contributed by atoms with Gasteiger partial charge in [-0.15, -0.1) is 0 Å². The quantitative estimate of drug-likeness (QED) is 0.941. The van der Waals surface area contributed by atoms with Crippen LogP contribution in [0.1, 0.15) is 15.9 Å². The Labute approximate surface area is 123 Å². The Morgan fingerprint density at radius 2 is 2.15 bits per heavy atom. The van der Waals surface area contributed by atoms with Gasteiger partial charge in [0.2, 0.25) is 0 Å². The van der Waals surface area contributed by atoms with E-state index in [0.717, 1.165) is 11.3 Å². The highest BCUT2D eigenvalue weighted by Gasteiger charge is 2.10. The molecule has 1 aromatic carbocycles. The van der Waals surface area contributed by atoms with Gasteiger partial charge in [0.15, 0.2) is 0 Å². The van der Waals surface area contributed by atoms with E-state index in [2.05, 4.69) is 10.3 Å². The van der Waals surface area contributed by atoms with Gasteiger partial charge in [0.05, 0.1) is 10.7 Å². The van der Waals surface area contributed by atoms with E-state index in [1.807, 2.05) is 12.1 Å². The van der Waals surface area contributed by atoms with Gasteiger partial charge in [-0.1, -0.05) is 17.7 Å². The molecule has 1 heterocycles. The van der Waals surface area contributed by atoms with E-state index in [4.69, 9.17) is 11.6 Å². The number of pyridine rings is 1. The molecular formula is C15H16ClN3O. The largest absolute Gasteiger partial charge is 0.380 e. The number of nitrogens with one attached hydrogen (secondary N) is 1. The van der Waals surface area contributed by atoms with Crippen LogP contribution < -0.4 is 5.32 Å². The third kappa shape index (κ3) is 3.48. The fraction of sp³-hybridized carbons (Fsp3) is 0.200. The number of halogens is 1. The number of hydrogen-bond donors (Lipinski definition) is 1. The summed E-state index contributed by atoms with van der Waals surface area (Å²) < 4.78 is 0. The zero-order valence-corrected chi connectivity index (χ0v) is 12.2. The molecule has 0 radical (unpaired) electrons. The van der Waals surface area contributed by atoms with Crippen molar-refractivity contribution in [3.05, 3.63) is 58.9 Å². The zero-order valence-electron chi connectivity index (χ0n) is 11.4. The first-order valence-corrected chi connectivity index (χ1v) is 6.59. The number of nitrogens with zero attached hydrogens (tertiary/aromatic N) is 2. The lowest BCUT2D eigenvalue weighted by Gasteiger charge is -2.13. The normalized spacial score (nSPS) is 10.2. The summed E-state index contributed by atoms with van der Waals surface area (Å²) in [7, 11) is 3.44. The summed E-state index contributed by atoms with van der Waals surface area (Å²) >= 11 is 6.14. The summed E-state index contributed by atoms with van der Waals surface area (Å²) in [6.07, 6.45) is 3.52. The smallest absolute Gasteiger partial charge is 0.253 e. The van der Waals surface area contributed by atoms with Crippen molar-refractivity contribution in [3.8, 4) is 0 Å². The highest BCUT2D eigenvalue weighted by atomic mass is 35.5. The molecule has 0 unspecified atom stereocenters. The third-order valence-corrected chi connectivity index (χ3v) is 3.15. The molecule has 1 aromatic heterocycles. The minimum absolute atomic E-state index is 0.0499. The first kappa shape index (κ1) is 14.3. The molecule has 0 atom stereocenters. The third-order valence-electron chi connectivity index (χ3n) is 2.83. The summed E-state index contributed by atoms with van der Waals surface area (Å²) in [5.41, 5.74) is 2.39. The maximum absolute atomic E-state index is 11.9. The molecule has 0 saturated heterocycles. The predicted molar refractivity (Wildman–Crippen MR) is 81.0 cm³/mol. The summed E-state index contributed by atoms with van der Waals surface area (Å²) in [5, 5.41) is 3.81. The van der Waals surface area contributed by atoms with Gasteiger partial charge in [0, 0.05) is 38.6 Å². The number of anilines is 1. The molecule has 1 N–H and O–H groups in total. The van der Waals surface area contributed by atoms with Crippen molar-refractivity contribution in [3.63, 3.8) is 0 Å². The maximum Gasteiger partial charge on any atom is 0.253 e. The van der Waals surface area contributed by atoms with Crippen molar-refractivity contribution in [2.75, 3.05) is 19.4 Å². The van der Waals surface area contributed by atoms with E-state index in [-0.39, 0.29) is 5.91 Å². The molecule has 0 fully saturated rings. The molecular weight excluding hydrogens is 274 g/mol. The van der Waals surface area contributed by atoms with Crippen molar-refractivity contribution in [1.82, 2.24) is 9.88 Å². The van der Waals surface area contributed by atoms with Crippen LogP contribution in [0.25, 0.3) is 0 Å². The minimum Gasteiger partial charge on any atom is -0.380 e. The average molecular weight is 290 g/mol. The number of carbonyl (C=O) groups is 1. The van der Waals surface area contributed by atoms with Crippen LogP contribution in [0.4, 0.5) is 5.69 Å². The Morgan fingerprint density at radius 3 is 2.80 bits per heavy atom. The predicted octanol–water partition coefficient (Wildman–Crippen LogP) is 3.05. The van der Waals surface area contributed by atoms with Gasteiger partial charge >= 0.3 is 0 Å². The van der Waals surface area contributed by atoms with E-state index in [1.165, 1.54) is 4.90 Å². The maximum atomic E-state index is 11.9. The van der Waals surface area contributed by atoms with E-state index in [9.17, 15) is 4.79 Å². The second kappa shape index (κ2) is 6.39. The fourth-order valence-corrected chi connectivity index (χ4v) is 1.94. The second-order valence-electron chi connectivity index (χ2n) is 4.61.